The fraction of sp³-hybridized carbons (Fsp3) is 0.625. The minimum absolute atomic E-state index is 0.208. The zero-order chi connectivity index (χ0) is 14.8. The zero-order valence-electron chi connectivity index (χ0n) is 12.1. The molecule has 0 unspecified atom stereocenters. The molecule has 21 heavy (non-hydrogen) atoms. The highest BCUT2D eigenvalue weighted by molar-refractivity contribution is 6.35. The molecule has 2 fully saturated rings. The average Bonchev–Trinajstić information content (AvgIpc) is 2.97. The van der Waals surface area contributed by atoms with E-state index in [4.69, 9.17) is 23.2 Å². The van der Waals surface area contributed by atoms with Gasteiger partial charge in [-0.2, -0.15) is 0 Å². The molecule has 0 aromatic heterocycles. The van der Waals surface area contributed by atoms with Crippen molar-refractivity contribution >= 4 is 23.2 Å². The molecule has 1 saturated carbocycles. The Morgan fingerprint density at radius 3 is 2.43 bits per heavy atom. The molecule has 1 aromatic rings. The van der Waals surface area contributed by atoms with E-state index in [1.165, 1.54) is 25.7 Å². The molecule has 2 aliphatic rings. The Labute approximate surface area is 136 Å². The van der Waals surface area contributed by atoms with Crippen LogP contribution in [0.2, 0.25) is 10.0 Å². The van der Waals surface area contributed by atoms with Gasteiger partial charge >= 0.3 is 0 Å². The number of hydrogen-bond donors (Lipinski definition) is 2. The lowest BCUT2D eigenvalue weighted by atomic mass is 9.89. The standard InChI is InChI=1S/C16H22Cl2N2O/c17-12-9-13(18)15(14(21)10-12)16(11-3-1-2-4-11)20-7-5-19-6-8-20/h9-11,16,19,21H,1-8H2/t16-/m1/s1. The number of nitrogens with one attached hydrogen (secondary N) is 1. The predicted octanol–water partition coefficient (Wildman–Crippen LogP) is 3.84. The Morgan fingerprint density at radius 2 is 1.81 bits per heavy atom. The Kier molecular flexibility index (Phi) is 4.95. The van der Waals surface area contributed by atoms with Gasteiger partial charge in [0.15, 0.2) is 0 Å². The maximum absolute atomic E-state index is 10.4. The number of piperazine rings is 1. The third kappa shape index (κ3) is 3.31. The molecule has 5 heteroatoms. The van der Waals surface area contributed by atoms with Crippen molar-refractivity contribution in [1.82, 2.24) is 10.2 Å². The third-order valence-corrected chi connectivity index (χ3v) is 5.29. The SMILES string of the molecule is Oc1cc(Cl)cc(Cl)c1[C@@H](C1CCCC1)N1CCNCC1. The number of phenolic OH excluding ortho intramolecular Hbond substituents is 1. The molecule has 3 rings (SSSR count). The summed E-state index contributed by atoms with van der Waals surface area (Å²) in [6, 6.07) is 3.58. The van der Waals surface area contributed by atoms with E-state index in [1.807, 2.05) is 0 Å². The predicted molar refractivity (Wildman–Crippen MR) is 87.3 cm³/mol. The summed E-state index contributed by atoms with van der Waals surface area (Å²) in [6.45, 7) is 3.99. The molecule has 1 aliphatic heterocycles. The lowest BCUT2D eigenvalue weighted by Crippen LogP contribution is -2.46. The summed E-state index contributed by atoms with van der Waals surface area (Å²) in [5.41, 5.74) is 0.870. The molecule has 0 amide bonds. The molecule has 1 aliphatic carbocycles. The van der Waals surface area contributed by atoms with Crippen molar-refractivity contribution in [1.29, 1.82) is 0 Å². The van der Waals surface area contributed by atoms with Gasteiger partial charge in [-0.25, -0.2) is 0 Å². The van der Waals surface area contributed by atoms with Gasteiger partial charge in [0, 0.05) is 42.8 Å². The smallest absolute Gasteiger partial charge is 0.123 e. The van der Waals surface area contributed by atoms with Crippen molar-refractivity contribution in [3.63, 3.8) is 0 Å². The van der Waals surface area contributed by atoms with Gasteiger partial charge in [0.25, 0.3) is 0 Å². The minimum Gasteiger partial charge on any atom is -0.508 e. The number of halogens is 2. The van der Waals surface area contributed by atoms with Gasteiger partial charge in [-0.05, 0) is 30.9 Å². The van der Waals surface area contributed by atoms with Gasteiger partial charge in [-0.3, -0.25) is 4.90 Å². The van der Waals surface area contributed by atoms with Gasteiger partial charge < -0.3 is 10.4 Å². The summed E-state index contributed by atoms with van der Waals surface area (Å²) in [6.07, 6.45) is 4.98. The van der Waals surface area contributed by atoms with Crippen molar-refractivity contribution in [2.75, 3.05) is 26.2 Å². The largest absolute Gasteiger partial charge is 0.508 e. The lowest BCUT2D eigenvalue weighted by Gasteiger charge is -2.39. The van der Waals surface area contributed by atoms with E-state index in [2.05, 4.69) is 10.2 Å². The maximum atomic E-state index is 10.4. The van der Waals surface area contributed by atoms with Crippen LogP contribution in [0.25, 0.3) is 0 Å². The summed E-state index contributed by atoms with van der Waals surface area (Å²) in [5.74, 6) is 0.815. The number of rotatable bonds is 3. The highest BCUT2D eigenvalue weighted by Crippen LogP contribution is 2.45. The van der Waals surface area contributed by atoms with Crippen molar-refractivity contribution in [3.05, 3.63) is 27.7 Å². The van der Waals surface area contributed by atoms with Crippen LogP contribution >= 0.6 is 23.2 Å². The summed E-state index contributed by atoms with van der Waals surface area (Å²) in [4.78, 5) is 2.47. The third-order valence-electron chi connectivity index (χ3n) is 4.76. The first-order valence-electron chi connectivity index (χ1n) is 7.79. The van der Waals surface area contributed by atoms with Crippen molar-refractivity contribution < 1.29 is 5.11 Å². The van der Waals surface area contributed by atoms with E-state index < -0.39 is 0 Å². The van der Waals surface area contributed by atoms with Crippen LogP contribution < -0.4 is 5.32 Å². The average molecular weight is 329 g/mol. The first kappa shape index (κ1) is 15.4. The van der Waals surface area contributed by atoms with Crippen LogP contribution in [0.3, 0.4) is 0 Å². The topological polar surface area (TPSA) is 35.5 Å². The van der Waals surface area contributed by atoms with Gasteiger partial charge in [-0.1, -0.05) is 36.0 Å². The Hall–Kier alpha value is -0.480. The van der Waals surface area contributed by atoms with E-state index in [9.17, 15) is 5.11 Å². The monoisotopic (exact) mass is 328 g/mol. The number of phenols is 1. The fourth-order valence-electron chi connectivity index (χ4n) is 3.81. The van der Waals surface area contributed by atoms with Crippen molar-refractivity contribution in [2.45, 2.75) is 31.7 Å². The summed E-state index contributed by atoms with van der Waals surface area (Å²) in [5, 5.41) is 14.9. The van der Waals surface area contributed by atoms with Crippen LogP contribution in [-0.2, 0) is 0 Å². The van der Waals surface area contributed by atoms with Crippen LogP contribution in [-0.4, -0.2) is 36.2 Å². The molecule has 0 bridgehead atoms. The minimum atomic E-state index is 0.208. The second kappa shape index (κ2) is 6.74. The summed E-state index contributed by atoms with van der Waals surface area (Å²) < 4.78 is 0. The molecule has 0 radical (unpaired) electrons. The Bertz CT molecular complexity index is 474. The quantitative estimate of drug-likeness (QED) is 0.884. The second-order valence-corrected chi connectivity index (χ2v) is 6.94. The normalized spacial score (nSPS) is 22.6. The Balaban J connectivity index is 1.97. The van der Waals surface area contributed by atoms with E-state index >= 15 is 0 Å². The van der Waals surface area contributed by atoms with Gasteiger partial charge in [0.05, 0.1) is 5.02 Å². The zero-order valence-corrected chi connectivity index (χ0v) is 13.6. The molecular formula is C16H22Cl2N2O. The van der Waals surface area contributed by atoms with Gasteiger partial charge in [0.2, 0.25) is 0 Å². The molecule has 116 valence electrons. The molecule has 1 saturated heterocycles. The molecule has 0 spiro atoms. The number of aromatic hydroxyl groups is 1. The van der Waals surface area contributed by atoms with E-state index in [0.717, 1.165) is 31.7 Å². The van der Waals surface area contributed by atoms with Crippen LogP contribution in [0, 0.1) is 5.92 Å². The molecule has 1 aromatic carbocycles. The number of hydrogen-bond acceptors (Lipinski definition) is 3. The number of nitrogens with zero attached hydrogens (tertiary/aromatic N) is 1. The molecule has 3 nitrogen and oxygen atoms in total. The van der Waals surface area contributed by atoms with Crippen molar-refractivity contribution in [2.24, 2.45) is 5.92 Å². The van der Waals surface area contributed by atoms with Gasteiger partial charge in [-0.15, -0.1) is 0 Å². The van der Waals surface area contributed by atoms with Crippen LogP contribution in [0.1, 0.15) is 37.3 Å². The van der Waals surface area contributed by atoms with E-state index in [1.54, 1.807) is 12.1 Å². The van der Waals surface area contributed by atoms with Crippen LogP contribution in [0.15, 0.2) is 12.1 Å². The fourth-order valence-corrected chi connectivity index (χ4v) is 4.41. The molecule has 1 heterocycles. The lowest BCUT2D eigenvalue weighted by molar-refractivity contribution is 0.123. The number of benzene rings is 1. The van der Waals surface area contributed by atoms with Crippen LogP contribution in [0.5, 0.6) is 5.75 Å². The summed E-state index contributed by atoms with van der Waals surface area (Å²) in [7, 11) is 0. The maximum Gasteiger partial charge on any atom is 0.123 e. The molecule has 2 N–H and O–H groups in total. The van der Waals surface area contributed by atoms with Crippen molar-refractivity contribution in [3.8, 4) is 5.75 Å². The first-order valence-corrected chi connectivity index (χ1v) is 8.55. The van der Waals surface area contributed by atoms with Crippen LogP contribution in [0.4, 0.5) is 0 Å². The highest BCUT2D eigenvalue weighted by atomic mass is 35.5. The van der Waals surface area contributed by atoms with E-state index in [0.29, 0.717) is 16.0 Å². The second-order valence-electron chi connectivity index (χ2n) is 6.10. The summed E-state index contributed by atoms with van der Waals surface area (Å²) >= 11 is 12.4. The molecule has 1 atom stereocenters. The molecular weight excluding hydrogens is 307 g/mol. The first-order chi connectivity index (χ1) is 10.2. The highest BCUT2D eigenvalue weighted by Gasteiger charge is 2.34. The van der Waals surface area contributed by atoms with E-state index in [-0.39, 0.29) is 11.8 Å². The van der Waals surface area contributed by atoms with Gasteiger partial charge in [0.1, 0.15) is 5.75 Å². The Morgan fingerprint density at radius 1 is 1.14 bits per heavy atom.